The Kier molecular flexibility index (Phi) is 4.02. The first kappa shape index (κ1) is 17.5. The van der Waals surface area contributed by atoms with Gasteiger partial charge in [0.1, 0.15) is 11.5 Å². The Morgan fingerprint density at radius 2 is 1.89 bits per heavy atom. The highest BCUT2D eigenvalue weighted by Crippen LogP contribution is 2.60. The normalized spacial score (nSPS) is 36.1. The lowest BCUT2D eigenvalue weighted by Crippen LogP contribution is -2.57. The molecular weight excluding hydrogens is 380 g/mol. The highest BCUT2D eigenvalue weighted by atomic mass is 32.2. The molecule has 1 saturated heterocycles. The van der Waals surface area contributed by atoms with Gasteiger partial charge in [0.2, 0.25) is 5.91 Å². The fraction of sp³-hybridized carbons (Fsp3) is 0.550. The van der Waals surface area contributed by atoms with Crippen LogP contribution >= 0.6 is 24.0 Å². The highest BCUT2D eigenvalue weighted by molar-refractivity contribution is 8.26. The molecule has 5 nitrogen and oxygen atoms in total. The van der Waals surface area contributed by atoms with Crippen molar-refractivity contribution in [3.63, 3.8) is 0 Å². The molecule has 5 fully saturated rings. The SMILES string of the molecule is Cc1ccc(/C=C2/SC(=S)N(NC(=O)C34CC5CC(CC(C5)C3)C4)C2=O)o1. The molecule has 27 heavy (non-hydrogen) atoms. The van der Waals surface area contributed by atoms with E-state index < -0.39 is 0 Å². The van der Waals surface area contributed by atoms with Crippen LogP contribution in [-0.4, -0.2) is 21.1 Å². The van der Waals surface area contributed by atoms with E-state index in [0.717, 1.165) is 25.0 Å². The molecule has 4 aliphatic carbocycles. The van der Waals surface area contributed by atoms with Crippen molar-refractivity contribution >= 4 is 46.2 Å². The third-order valence-corrected chi connectivity index (χ3v) is 7.86. The number of aryl methyl sites for hydroxylation is 1. The van der Waals surface area contributed by atoms with E-state index in [0.29, 0.717) is 32.7 Å². The number of furan rings is 1. The van der Waals surface area contributed by atoms with Crippen LogP contribution in [-0.2, 0) is 9.59 Å². The Labute approximate surface area is 167 Å². The van der Waals surface area contributed by atoms with E-state index >= 15 is 0 Å². The molecule has 5 aliphatic rings. The molecule has 7 heteroatoms. The summed E-state index contributed by atoms with van der Waals surface area (Å²) in [6.07, 6.45) is 8.39. The van der Waals surface area contributed by atoms with Crippen LogP contribution in [0.25, 0.3) is 6.08 Å². The Bertz CT molecular complexity index is 837. The number of carbonyl (C=O) groups is 2. The molecule has 2 amide bonds. The maximum Gasteiger partial charge on any atom is 0.285 e. The van der Waals surface area contributed by atoms with Crippen molar-refractivity contribution in [3.05, 3.63) is 28.6 Å². The Morgan fingerprint density at radius 3 is 2.44 bits per heavy atom. The van der Waals surface area contributed by atoms with Crippen LogP contribution in [0.5, 0.6) is 0 Å². The Hall–Kier alpha value is -1.60. The van der Waals surface area contributed by atoms with E-state index in [2.05, 4.69) is 5.43 Å². The molecule has 1 N–H and O–H groups in total. The first-order valence-electron chi connectivity index (χ1n) is 9.57. The van der Waals surface area contributed by atoms with Crippen molar-refractivity contribution in [2.45, 2.75) is 45.4 Å². The molecule has 0 spiro atoms. The minimum Gasteiger partial charge on any atom is -0.462 e. The number of hydrazine groups is 1. The predicted molar refractivity (Wildman–Crippen MR) is 107 cm³/mol. The van der Waals surface area contributed by atoms with Gasteiger partial charge >= 0.3 is 0 Å². The van der Waals surface area contributed by atoms with Crippen molar-refractivity contribution in [2.75, 3.05) is 0 Å². The third kappa shape index (κ3) is 2.95. The van der Waals surface area contributed by atoms with Gasteiger partial charge in [0.25, 0.3) is 5.91 Å². The van der Waals surface area contributed by atoms with Gasteiger partial charge in [-0.3, -0.25) is 15.0 Å². The van der Waals surface area contributed by atoms with Crippen molar-refractivity contribution in [3.8, 4) is 0 Å². The number of hydrogen-bond donors (Lipinski definition) is 1. The predicted octanol–water partition coefficient (Wildman–Crippen LogP) is 4.04. The number of amides is 2. The summed E-state index contributed by atoms with van der Waals surface area (Å²) in [4.78, 5) is 26.5. The lowest BCUT2D eigenvalue weighted by atomic mass is 9.49. The average molecular weight is 403 g/mol. The van der Waals surface area contributed by atoms with E-state index in [-0.39, 0.29) is 17.2 Å². The minimum atomic E-state index is -0.306. The molecule has 1 aromatic rings. The molecular formula is C20H22N2O3S2. The Morgan fingerprint density at radius 1 is 1.26 bits per heavy atom. The molecule has 0 unspecified atom stereocenters. The Balaban J connectivity index is 1.33. The van der Waals surface area contributed by atoms with Crippen LogP contribution in [0.2, 0.25) is 0 Å². The molecule has 1 aromatic heterocycles. The fourth-order valence-electron chi connectivity index (χ4n) is 5.83. The molecule has 4 saturated carbocycles. The highest BCUT2D eigenvalue weighted by Gasteiger charge is 2.55. The summed E-state index contributed by atoms with van der Waals surface area (Å²) in [5, 5.41) is 1.25. The van der Waals surface area contributed by atoms with Gasteiger partial charge in [-0.25, -0.2) is 0 Å². The van der Waals surface area contributed by atoms with Crippen LogP contribution in [0.3, 0.4) is 0 Å². The second kappa shape index (κ2) is 6.21. The van der Waals surface area contributed by atoms with Crippen LogP contribution in [0.4, 0.5) is 0 Å². The van der Waals surface area contributed by atoms with E-state index in [1.54, 1.807) is 6.08 Å². The smallest absolute Gasteiger partial charge is 0.285 e. The van der Waals surface area contributed by atoms with Crippen molar-refractivity contribution in [1.29, 1.82) is 0 Å². The maximum atomic E-state index is 13.2. The maximum absolute atomic E-state index is 13.2. The zero-order valence-corrected chi connectivity index (χ0v) is 16.8. The topological polar surface area (TPSA) is 62.6 Å². The lowest BCUT2D eigenvalue weighted by Gasteiger charge is -2.55. The molecule has 0 atom stereocenters. The van der Waals surface area contributed by atoms with Gasteiger partial charge in [0.15, 0.2) is 4.32 Å². The summed E-state index contributed by atoms with van der Waals surface area (Å²) in [6, 6.07) is 3.66. The van der Waals surface area contributed by atoms with Crippen LogP contribution in [0.1, 0.15) is 50.0 Å². The first-order valence-corrected chi connectivity index (χ1v) is 10.8. The summed E-state index contributed by atoms with van der Waals surface area (Å²) < 4.78 is 5.89. The second-order valence-electron chi connectivity index (χ2n) is 8.60. The van der Waals surface area contributed by atoms with Crippen LogP contribution < -0.4 is 5.43 Å². The van der Waals surface area contributed by atoms with E-state index in [4.69, 9.17) is 16.6 Å². The van der Waals surface area contributed by atoms with Crippen molar-refractivity contribution in [2.24, 2.45) is 23.2 Å². The summed E-state index contributed by atoms with van der Waals surface area (Å²) in [5.41, 5.74) is 2.56. The van der Waals surface area contributed by atoms with Gasteiger partial charge < -0.3 is 4.42 Å². The number of thioether (sulfide) groups is 1. The lowest BCUT2D eigenvalue weighted by molar-refractivity contribution is -0.152. The summed E-state index contributed by atoms with van der Waals surface area (Å²) in [6.45, 7) is 1.86. The number of nitrogens with zero attached hydrogens (tertiary/aromatic N) is 1. The first-order chi connectivity index (χ1) is 12.9. The third-order valence-electron chi connectivity index (χ3n) is 6.56. The molecule has 2 heterocycles. The molecule has 6 rings (SSSR count). The monoisotopic (exact) mass is 402 g/mol. The van der Waals surface area contributed by atoms with Crippen molar-refractivity contribution in [1.82, 2.24) is 10.4 Å². The van der Waals surface area contributed by atoms with E-state index in [1.165, 1.54) is 36.0 Å². The molecule has 1 aliphatic heterocycles. The van der Waals surface area contributed by atoms with Gasteiger partial charge in [-0.05, 0) is 87.6 Å². The zero-order valence-electron chi connectivity index (χ0n) is 15.2. The van der Waals surface area contributed by atoms with Crippen LogP contribution in [0, 0.1) is 30.1 Å². The van der Waals surface area contributed by atoms with Gasteiger partial charge in [0, 0.05) is 6.08 Å². The van der Waals surface area contributed by atoms with Gasteiger partial charge in [-0.2, -0.15) is 5.01 Å². The van der Waals surface area contributed by atoms with Gasteiger partial charge in [-0.1, -0.05) is 11.8 Å². The van der Waals surface area contributed by atoms with Gasteiger partial charge in [-0.15, -0.1) is 0 Å². The number of carbonyl (C=O) groups excluding carboxylic acids is 2. The van der Waals surface area contributed by atoms with Crippen molar-refractivity contribution < 1.29 is 14.0 Å². The molecule has 142 valence electrons. The quantitative estimate of drug-likeness (QED) is 0.611. The number of thiocarbonyl (C=S) groups is 1. The van der Waals surface area contributed by atoms with Gasteiger partial charge in [0.05, 0.1) is 10.3 Å². The van der Waals surface area contributed by atoms with E-state index in [9.17, 15) is 9.59 Å². The average Bonchev–Trinajstić information content (AvgIpc) is 3.12. The van der Waals surface area contributed by atoms with E-state index in [1.807, 2.05) is 19.1 Å². The minimum absolute atomic E-state index is 0.0204. The fourth-order valence-corrected chi connectivity index (χ4v) is 6.99. The molecule has 0 radical (unpaired) electrons. The standard InChI is InChI=1S/C20H22N2O3S2/c1-11-2-3-15(25-11)7-16-17(23)22(19(26)27-16)21-18(24)20-8-12-4-13(9-20)6-14(5-12)10-20/h2-3,7,12-14H,4-6,8-10H2,1H3,(H,21,24)/b16-7+. The molecule has 4 bridgehead atoms. The number of rotatable bonds is 3. The second-order valence-corrected chi connectivity index (χ2v) is 10.3. The summed E-state index contributed by atoms with van der Waals surface area (Å²) >= 11 is 6.56. The summed E-state index contributed by atoms with van der Waals surface area (Å²) in [7, 11) is 0. The zero-order chi connectivity index (χ0) is 18.8. The summed E-state index contributed by atoms with van der Waals surface area (Å²) in [5.74, 6) is 3.12. The molecule has 0 aromatic carbocycles. The number of hydrogen-bond acceptors (Lipinski definition) is 5. The number of nitrogens with one attached hydrogen (secondary N) is 1. The van der Waals surface area contributed by atoms with Crippen LogP contribution in [0.15, 0.2) is 21.5 Å². The largest absolute Gasteiger partial charge is 0.462 e.